The van der Waals surface area contributed by atoms with E-state index in [1.165, 1.54) is 24.3 Å². The van der Waals surface area contributed by atoms with E-state index in [1.54, 1.807) is 32.1 Å². The van der Waals surface area contributed by atoms with Crippen LogP contribution in [0.1, 0.15) is 36.0 Å². The highest BCUT2D eigenvalue weighted by molar-refractivity contribution is 7.09. The Morgan fingerprint density at radius 3 is 2.35 bits per heavy atom. The van der Waals surface area contributed by atoms with Crippen LogP contribution in [0.2, 0.25) is 0 Å². The van der Waals surface area contributed by atoms with Gasteiger partial charge in [0, 0.05) is 17.1 Å². The number of hydrogen-bond acceptors (Lipinski definition) is 7. The first-order valence-electron chi connectivity index (χ1n) is 9.49. The van der Waals surface area contributed by atoms with Gasteiger partial charge in [-0.25, -0.2) is 14.4 Å². The fraction of sp³-hybridized carbons (Fsp3) is 0.333. The molecule has 9 nitrogen and oxygen atoms in total. The molecule has 4 amide bonds. The molecule has 0 atom stereocenters. The molecule has 0 unspecified atom stereocenters. The van der Waals surface area contributed by atoms with Crippen LogP contribution in [0.4, 0.5) is 15.3 Å². The maximum atomic E-state index is 12.0. The number of carbonyl (C=O) groups is 4. The quantitative estimate of drug-likeness (QED) is 0.560. The fourth-order valence-electron chi connectivity index (χ4n) is 2.29. The summed E-state index contributed by atoms with van der Waals surface area (Å²) in [6.07, 6.45) is 0.0423. The molecule has 1 aromatic carbocycles. The Morgan fingerprint density at radius 2 is 1.74 bits per heavy atom. The second-order valence-corrected chi connectivity index (χ2v) is 8.45. The zero-order valence-electron chi connectivity index (χ0n) is 17.5. The van der Waals surface area contributed by atoms with E-state index in [2.05, 4.69) is 16.0 Å². The van der Waals surface area contributed by atoms with E-state index in [-0.39, 0.29) is 5.56 Å². The Bertz CT molecular complexity index is 904. The van der Waals surface area contributed by atoms with Gasteiger partial charge in [-0.05, 0) is 62.9 Å². The summed E-state index contributed by atoms with van der Waals surface area (Å²) in [6.45, 7) is 5.02. The SMILES string of the molecule is CC(C)(C)OC(=O)Nc1ccc(C(=O)OCC(=O)NC(=O)NCCc2cccs2)cc1. The predicted molar refractivity (Wildman–Crippen MR) is 116 cm³/mol. The summed E-state index contributed by atoms with van der Waals surface area (Å²) in [6, 6.07) is 9.09. The van der Waals surface area contributed by atoms with Gasteiger partial charge in [-0.2, -0.15) is 0 Å². The predicted octanol–water partition coefficient (Wildman–Crippen LogP) is 3.32. The Balaban J connectivity index is 1.70. The number of amides is 4. The largest absolute Gasteiger partial charge is 0.452 e. The molecule has 0 aliphatic carbocycles. The Labute approximate surface area is 184 Å². The highest BCUT2D eigenvalue weighted by Crippen LogP contribution is 2.13. The second-order valence-electron chi connectivity index (χ2n) is 7.41. The van der Waals surface area contributed by atoms with Gasteiger partial charge in [0.25, 0.3) is 5.91 Å². The molecule has 0 saturated heterocycles. The summed E-state index contributed by atoms with van der Waals surface area (Å²) < 4.78 is 10.0. The normalized spacial score (nSPS) is 10.7. The van der Waals surface area contributed by atoms with Crippen molar-refractivity contribution in [2.24, 2.45) is 0 Å². The third kappa shape index (κ3) is 9.30. The highest BCUT2D eigenvalue weighted by atomic mass is 32.1. The zero-order valence-corrected chi connectivity index (χ0v) is 18.3. The minimum atomic E-state index is -0.745. The molecular weight excluding hydrogens is 422 g/mol. The fourth-order valence-corrected chi connectivity index (χ4v) is 3.00. The van der Waals surface area contributed by atoms with Gasteiger partial charge in [0.05, 0.1) is 5.56 Å². The number of nitrogens with one attached hydrogen (secondary N) is 3. The van der Waals surface area contributed by atoms with Crippen molar-refractivity contribution in [2.45, 2.75) is 32.8 Å². The lowest BCUT2D eigenvalue weighted by Gasteiger charge is -2.19. The van der Waals surface area contributed by atoms with Crippen LogP contribution >= 0.6 is 11.3 Å². The molecule has 166 valence electrons. The summed E-state index contributed by atoms with van der Waals surface area (Å²) in [7, 11) is 0. The van der Waals surface area contributed by atoms with Gasteiger partial charge in [0.1, 0.15) is 5.60 Å². The van der Waals surface area contributed by atoms with Crippen LogP contribution in [0.25, 0.3) is 0 Å². The van der Waals surface area contributed by atoms with Crippen LogP contribution in [0, 0.1) is 0 Å². The Hall–Kier alpha value is -3.40. The smallest absolute Gasteiger partial charge is 0.412 e. The number of imide groups is 1. The first-order chi connectivity index (χ1) is 14.6. The van der Waals surface area contributed by atoms with Crippen LogP contribution in [0.15, 0.2) is 41.8 Å². The molecule has 0 saturated carbocycles. The lowest BCUT2D eigenvalue weighted by atomic mass is 10.2. The molecule has 1 aromatic heterocycles. The van der Waals surface area contributed by atoms with Crippen LogP contribution in [-0.4, -0.2) is 42.8 Å². The van der Waals surface area contributed by atoms with E-state index >= 15 is 0 Å². The van der Waals surface area contributed by atoms with Crippen molar-refractivity contribution in [1.29, 1.82) is 0 Å². The van der Waals surface area contributed by atoms with Gasteiger partial charge >= 0.3 is 18.1 Å². The molecule has 0 aliphatic rings. The number of carbonyl (C=O) groups excluding carboxylic acids is 4. The summed E-state index contributed by atoms with van der Waals surface area (Å²) in [5.74, 6) is -1.48. The van der Waals surface area contributed by atoms with E-state index in [0.29, 0.717) is 18.7 Å². The molecule has 3 N–H and O–H groups in total. The number of rotatable bonds is 7. The summed E-state index contributed by atoms with van der Waals surface area (Å²) in [5, 5.41) is 9.13. The molecule has 31 heavy (non-hydrogen) atoms. The highest BCUT2D eigenvalue weighted by Gasteiger charge is 2.17. The van der Waals surface area contributed by atoms with Gasteiger partial charge in [0.15, 0.2) is 6.61 Å². The number of urea groups is 1. The number of benzene rings is 1. The van der Waals surface area contributed by atoms with Gasteiger partial charge in [0.2, 0.25) is 0 Å². The number of ether oxygens (including phenoxy) is 2. The van der Waals surface area contributed by atoms with Gasteiger partial charge in [-0.15, -0.1) is 11.3 Å². The molecule has 1 heterocycles. The van der Waals surface area contributed by atoms with Gasteiger partial charge < -0.3 is 14.8 Å². The topological polar surface area (TPSA) is 123 Å². The van der Waals surface area contributed by atoms with Crippen molar-refractivity contribution in [3.05, 3.63) is 52.2 Å². The van der Waals surface area contributed by atoms with E-state index < -0.39 is 36.2 Å². The van der Waals surface area contributed by atoms with E-state index in [0.717, 1.165) is 4.88 Å². The van der Waals surface area contributed by atoms with Gasteiger partial charge in [-0.3, -0.25) is 15.4 Å². The average Bonchev–Trinajstić information content (AvgIpc) is 3.18. The second kappa shape index (κ2) is 11.1. The minimum absolute atomic E-state index is 0.183. The van der Waals surface area contributed by atoms with Crippen molar-refractivity contribution in [3.8, 4) is 0 Å². The third-order valence-electron chi connectivity index (χ3n) is 3.59. The van der Waals surface area contributed by atoms with E-state index in [4.69, 9.17) is 9.47 Å². The maximum absolute atomic E-state index is 12.0. The Morgan fingerprint density at radius 1 is 1.03 bits per heavy atom. The Kier molecular flexibility index (Phi) is 8.56. The van der Waals surface area contributed by atoms with Crippen LogP contribution < -0.4 is 16.0 Å². The molecule has 2 rings (SSSR count). The molecule has 0 fully saturated rings. The first-order valence-corrected chi connectivity index (χ1v) is 10.4. The third-order valence-corrected chi connectivity index (χ3v) is 4.53. The monoisotopic (exact) mass is 447 g/mol. The maximum Gasteiger partial charge on any atom is 0.412 e. The average molecular weight is 448 g/mol. The molecule has 0 aliphatic heterocycles. The van der Waals surface area contributed by atoms with Gasteiger partial charge in [-0.1, -0.05) is 6.07 Å². The van der Waals surface area contributed by atoms with Crippen LogP contribution in [0.3, 0.4) is 0 Å². The molecule has 0 spiro atoms. The summed E-state index contributed by atoms with van der Waals surface area (Å²) in [4.78, 5) is 48.3. The van der Waals surface area contributed by atoms with Crippen molar-refractivity contribution in [2.75, 3.05) is 18.5 Å². The number of anilines is 1. The minimum Gasteiger partial charge on any atom is -0.452 e. The van der Waals surface area contributed by atoms with Crippen molar-refractivity contribution < 1.29 is 28.7 Å². The molecule has 2 aromatic rings. The summed E-state index contributed by atoms with van der Waals surface area (Å²) >= 11 is 1.58. The molecular formula is C21H25N3O6S. The molecule has 0 bridgehead atoms. The lowest BCUT2D eigenvalue weighted by molar-refractivity contribution is -0.123. The van der Waals surface area contributed by atoms with Crippen molar-refractivity contribution in [3.63, 3.8) is 0 Å². The first kappa shape index (κ1) is 23.9. The summed E-state index contributed by atoms with van der Waals surface area (Å²) in [5.41, 5.74) is -0.0132. The molecule has 10 heteroatoms. The van der Waals surface area contributed by atoms with E-state index in [9.17, 15) is 19.2 Å². The van der Waals surface area contributed by atoms with E-state index in [1.807, 2.05) is 17.5 Å². The van der Waals surface area contributed by atoms with Crippen LogP contribution in [0.5, 0.6) is 0 Å². The number of thiophene rings is 1. The number of esters is 1. The standard InChI is InChI=1S/C21H25N3O6S/c1-21(2,3)30-20(28)23-15-8-6-14(7-9-15)18(26)29-13-17(25)24-19(27)22-11-10-16-5-4-12-31-16/h4-9,12H,10-11,13H2,1-3H3,(H,23,28)(H2,22,24,25,27). The van der Waals surface area contributed by atoms with Crippen molar-refractivity contribution >= 4 is 41.0 Å². The van der Waals surface area contributed by atoms with Crippen LogP contribution in [-0.2, 0) is 20.7 Å². The number of hydrogen-bond donors (Lipinski definition) is 3. The lowest BCUT2D eigenvalue weighted by Crippen LogP contribution is -2.42. The molecule has 0 radical (unpaired) electrons. The zero-order chi connectivity index (χ0) is 22.9. The van der Waals surface area contributed by atoms with Crippen molar-refractivity contribution in [1.82, 2.24) is 10.6 Å².